The molecule has 1 fully saturated rings. The fraction of sp³-hybridized carbons (Fsp3) is 0.379. The smallest absolute Gasteiger partial charge is 0.265 e. The second-order valence-electron chi connectivity index (χ2n) is 10.8. The second kappa shape index (κ2) is 13.8. The number of piperidine rings is 1. The molecule has 0 aromatic heterocycles. The van der Waals surface area contributed by atoms with Crippen LogP contribution in [-0.4, -0.2) is 61.4 Å². The van der Waals surface area contributed by atoms with Crippen molar-refractivity contribution in [3.8, 4) is 0 Å². The lowest BCUT2D eigenvalue weighted by molar-refractivity contribution is 0.0717. The second-order valence-corrected chi connectivity index (χ2v) is 15.9. The first kappa shape index (κ1) is 33.6. The number of nitrogens with zero attached hydrogens (tertiary/aromatic N) is 4. The molecule has 0 radical (unpaired) electrons. The molecule has 3 aromatic carbocycles. The third kappa shape index (κ3) is 8.04. The number of sulfonamides is 1. The molecule has 1 saturated heterocycles. The first-order valence-electron chi connectivity index (χ1n) is 13.8. The van der Waals surface area contributed by atoms with Gasteiger partial charge in [0.15, 0.2) is 0 Å². The first-order chi connectivity index (χ1) is 20.7. The number of benzene rings is 3. The minimum absolute atomic E-state index is 0.0165. The molecule has 236 valence electrons. The molecule has 1 aliphatic rings. The van der Waals surface area contributed by atoms with Gasteiger partial charge in [-0.3, -0.25) is 8.37 Å². The minimum Gasteiger partial charge on any atom is -0.265 e. The molecule has 0 unspecified atom stereocenters. The average Bonchev–Trinajstić information content (AvgIpc) is 2.98. The monoisotopic (exact) mass is 662 g/mol. The van der Waals surface area contributed by atoms with Crippen LogP contribution < -0.4 is 0 Å². The van der Waals surface area contributed by atoms with Crippen LogP contribution in [0.15, 0.2) is 92.6 Å². The van der Waals surface area contributed by atoms with E-state index in [1.54, 1.807) is 57.2 Å². The molecule has 3 atom stereocenters. The van der Waals surface area contributed by atoms with Crippen molar-refractivity contribution in [3.63, 3.8) is 0 Å². The van der Waals surface area contributed by atoms with Gasteiger partial charge in [0.2, 0.25) is 10.0 Å². The van der Waals surface area contributed by atoms with Crippen LogP contribution in [0, 0.1) is 26.7 Å². The number of hydrogen-bond acceptors (Lipinski definition) is 9. The van der Waals surface area contributed by atoms with Gasteiger partial charge in [0, 0.05) is 11.5 Å². The van der Waals surface area contributed by atoms with Crippen LogP contribution in [-0.2, 0) is 38.6 Å². The fourth-order valence-electron chi connectivity index (χ4n) is 5.06. The highest BCUT2D eigenvalue weighted by Crippen LogP contribution is 2.35. The van der Waals surface area contributed by atoms with Crippen LogP contribution in [0.25, 0.3) is 10.4 Å². The molecular weight excluding hydrogens is 629 g/mol. The van der Waals surface area contributed by atoms with Gasteiger partial charge in [0.1, 0.15) is 0 Å². The highest BCUT2D eigenvalue weighted by atomic mass is 32.2. The minimum atomic E-state index is -4.32. The zero-order chi connectivity index (χ0) is 32.1. The van der Waals surface area contributed by atoms with E-state index in [1.165, 1.54) is 36.4 Å². The number of hydrogen-bond donors (Lipinski definition) is 0. The Morgan fingerprint density at radius 2 is 1.05 bits per heavy atom. The van der Waals surface area contributed by atoms with Gasteiger partial charge in [-0.15, -0.1) is 0 Å². The predicted octanol–water partition coefficient (Wildman–Crippen LogP) is 4.87. The van der Waals surface area contributed by atoms with E-state index in [9.17, 15) is 25.3 Å². The number of aryl methyl sites for hydroxylation is 3. The van der Waals surface area contributed by atoms with Crippen molar-refractivity contribution in [3.05, 3.63) is 99.9 Å². The van der Waals surface area contributed by atoms with Crippen LogP contribution >= 0.6 is 0 Å². The van der Waals surface area contributed by atoms with Crippen LogP contribution in [0.3, 0.4) is 0 Å². The zero-order valence-corrected chi connectivity index (χ0v) is 26.9. The molecule has 15 heteroatoms. The van der Waals surface area contributed by atoms with E-state index in [1.807, 2.05) is 0 Å². The van der Waals surface area contributed by atoms with E-state index in [0.29, 0.717) is 0 Å². The average molecular weight is 663 g/mol. The first-order valence-corrected chi connectivity index (χ1v) is 18.0. The van der Waals surface area contributed by atoms with Gasteiger partial charge in [-0.1, -0.05) is 58.2 Å². The van der Waals surface area contributed by atoms with Crippen molar-refractivity contribution in [1.29, 1.82) is 0 Å². The van der Waals surface area contributed by atoms with Gasteiger partial charge in [-0.05, 0) is 81.5 Å². The summed E-state index contributed by atoms with van der Waals surface area (Å²) in [5, 5.41) is 3.64. The third-order valence-corrected chi connectivity index (χ3v) is 12.0. The Kier molecular flexibility index (Phi) is 10.5. The maximum absolute atomic E-state index is 14.1. The lowest BCUT2D eigenvalue weighted by Gasteiger charge is -2.43. The third-order valence-electron chi connectivity index (χ3n) is 7.38. The summed E-state index contributed by atoms with van der Waals surface area (Å²) in [6.45, 7) is 4.27. The molecule has 12 nitrogen and oxygen atoms in total. The molecule has 3 aromatic rings. The van der Waals surface area contributed by atoms with E-state index in [4.69, 9.17) is 13.9 Å². The van der Waals surface area contributed by atoms with Crippen LogP contribution in [0.4, 0.5) is 0 Å². The van der Waals surface area contributed by atoms with Crippen molar-refractivity contribution in [2.24, 2.45) is 11.0 Å². The summed E-state index contributed by atoms with van der Waals surface area (Å²) >= 11 is 0. The summed E-state index contributed by atoms with van der Waals surface area (Å²) in [5.74, 6) is -0.415. The molecule has 1 aliphatic heterocycles. The predicted molar refractivity (Wildman–Crippen MR) is 163 cm³/mol. The van der Waals surface area contributed by atoms with Crippen LogP contribution in [0.2, 0.25) is 0 Å². The quantitative estimate of drug-likeness (QED) is 0.114. The van der Waals surface area contributed by atoms with Crippen LogP contribution in [0.1, 0.15) is 29.5 Å². The molecule has 0 bridgehead atoms. The van der Waals surface area contributed by atoms with Crippen LogP contribution in [0.5, 0.6) is 0 Å². The molecule has 0 amide bonds. The molecule has 0 spiro atoms. The zero-order valence-electron chi connectivity index (χ0n) is 24.5. The van der Waals surface area contributed by atoms with E-state index in [0.717, 1.165) is 21.0 Å². The molecule has 0 saturated carbocycles. The van der Waals surface area contributed by atoms with Gasteiger partial charge < -0.3 is 0 Å². The van der Waals surface area contributed by atoms with E-state index >= 15 is 0 Å². The molecular formula is C29H34N4O8S3. The fourth-order valence-corrected chi connectivity index (χ4v) is 8.75. The van der Waals surface area contributed by atoms with E-state index in [-0.39, 0.29) is 34.1 Å². The maximum Gasteiger partial charge on any atom is 0.297 e. The highest BCUT2D eigenvalue weighted by molar-refractivity contribution is 7.89. The van der Waals surface area contributed by atoms with Gasteiger partial charge >= 0.3 is 0 Å². The topological polar surface area (TPSA) is 173 Å². The maximum atomic E-state index is 14.1. The lowest BCUT2D eigenvalue weighted by Crippen LogP contribution is -2.56. The SMILES string of the molecule is Cc1ccc(S(=O)(=O)OC[C@@H]2C[C@@H](CN=[N+]=[N-])C[C@H](COS(=O)(=O)c3ccc(C)cc3)N2S(=O)(=O)c2ccc(C)cc2)cc1. The summed E-state index contributed by atoms with van der Waals surface area (Å²) in [6, 6.07) is 16.0. The number of rotatable bonds is 12. The molecule has 4 rings (SSSR count). The Morgan fingerprint density at radius 3 is 1.41 bits per heavy atom. The molecule has 0 N–H and O–H groups in total. The highest BCUT2D eigenvalue weighted by Gasteiger charge is 2.44. The molecule has 0 aliphatic carbocycles. The molecule has 44 heavy (non-hydrogen) atoms. The van der Waals surface area contributed by atoms with E-state index < -0.39 is 61.5 Å². The summed E-state index contributed by atoms with van der Waals surface area (Å²) in [4.78, 5) is 2.55. The van der Waals surface area contributed by atoms with Gasteiger partial charge in [-0.25, -0.2) is 8.42 Å². The van der Waals surface area contributed by atoms with Gasteiger partial charge in [-0.2, -0.15) is 21.1 Å². The largest absolute Gasteiger partial charge is 0.297 e. The summed E-state index contributed by atoms with van der Waals surface area (Å²) in [7, 11) is -12.9. The summed E-state index contributed by atoms with van der Waals surface area (Å²) in [6.07, 6.45) is 0.184. The summed E-state index contributed by atoms with van der Waals surface area (Å²) < 4.78 is 92.4. The molecule has 1 heterocycles. The van der Waals surface area contributed by atoms with E-state index in [2.05, 4.69) is 10.0 Å². The normalized spacial score (nSPS) is 19.8. The van der Waals surface area contributed by atoms with Crippen molar-refractivity contribution >= 4 is 30.3 Å². The Labute approximate surface area is 258 Å². The van der Waals surface area contributed by atoms with Crippen molar-refractivity contribution < 1.29 is 33.6 Å². The standard InChI is InChI=1S/C29H34N4O8S3/c1-21-4-10-27(11-5-21)42(34,35)33-25(19-40-43(36,37)28-12-6-22(2)7-13-28)16-24(18-31-32-30)17-26(33)20-41-44(38,39)29-14-8-23(3)9-15-29/h4-15,24-26H,16-20H2,1-3H3/t24-,25+,26-. The Hall–Kier alpha value is -3.30. The van der Waals surface area contributed by atoms with Gasteiger partial charge in [0.05, 0.1) is 40.0 Å². The lowest BCUT2D eigenvalue weighted by atomic mass is 9.88. The van der Waals surface area contributed by atoms with Crippen molar-refractivity contribution in [2.45, 2.75) is 60.4 Å². The summed E-state index contributed by atoms with van der Waals surface area (Å²) in [5.41, 5.74) is 11.4. The Balaban J connectivity index is 1.71. The number of azide groups is 1. The van der Waals surface area contributed by atoms with Crippen molar-refractivity contribution in [1.82, 2.24) is 4.31 Å². The Morgan fingerprint density at radius 1 is 0.682 bits per heavy atom. The Bertz CT molecular complexity index is 1730. The van der Waals surface area contributed by atoms with Crippen molar-refractivity contribution in [2.75, 3.05) is 19.8 Å². The van der Waals surface area contributed by atoms with Gasteiger partial charge in [0.25, 0.3) is 20.2 Å².